The molecular formula is C16H17F3IN3O. The van der Waals surface area contributed by atoms with Crippen molar-refractivity contribution >= 4 is 35.6 Å². The summed E-state index contributed by atoms with van der Waals surface area (Å²) in [7, 11) is 0. The first-order valence-electron chi connectivity index (χ1n) is 6.80. The van der Waals surface area contributed by atoms with Gasteiger partial charge >= 0.3 is 6.36 Å². The van der Waals surface area contributed by atoms with E-state index in [1.807, 2.05) is 31.2 Å². The Morgan fingerprint density at radius 3 is 2.21 bits per heavy atom. The second kappa shape index (κ2) is 8.76. The molecule has 2 aromatic carbocycles. The standard InChI is InChI=1S/C16H16F3N3O.HI/c1-11-2-4-12(5-3-11)10-21-15(20)22-13-6-8-14(9-7-13)23-16(17,18)19;/h2-9H,10H2,1H3,(H3,20,21,22);1H. The fourth-order valence-electron chi connectivity index (χ4n) is 1.80. The van der Waals surface area contributed by atoms with Gasteiger partial charge in [-0.1, -0.05) is 29.8 Å². The van der Waals surface area contributed by atoms with E-state index in [2.05, 4.69) is 15.0 Å². The highest BCUT2D eigenvalue weighted by Gasteiger charge is 2.30. The number of nitrogens with one attached hydrogen (secondary N) is 1. The van der Waals surface area contributed by atoms with E-state index < -0.39 is 6.36 Å². The zero-order chi connectivity index (χ0) is 16.9. The quantitative estimate of drug-likeness (QED) is 0.411. The Morgan fingerprint density at radius 2 is 1.67 bits per heavy atom. The summed E-state index contributed by atoms with van der Waals surface area (Å²) in [5, 5.41) is 2.80. The molecule has 0 bridgehead atoms. The van der Waals surface area contributed by atoms with Crippen LogP contribution in [0.3, 0.4) is 0 Å². The van der Waals surface area contributed by atoms with Crippen LogP contribution in [0.4, 0.5) is 18.9 Å². The van der Waals surface area contributed by atoms with Gasteiger partial charge in [0.1, 0.15) is 5.75 Å². The average molecular weight is 451 g/mol. The van der Waals surface area contributed by atoms with E-state index >= 15 is 0 Å². The number of alkyl halides is 3. The molecule has 0 aliphatic carbocycles. The minimum absolute atomic E-state index is 0. The van der Waals surface area contributed by atoms with Gasteiger partial charge in [-0.3, -0.25) is 0 Å². The van der Waals surface area contributed by atoms with Crippen LogP contribution in [0.2, 0.25) is 0 Å². The molecule has 130 valence electrons. The smallest absolute Gasteiger partial charge is 0.406 e. The Morgan fingerprint density at radius 1 is 1.08 bits per heavy atom. The summed E-state index contributed by atoms with van der Waals surface area (Å²) in [5.74, 6) is -0.117. The SMILES string of the molecule is Cc1ccc(CN=C(N)Nc2ccc(OC(F)(F)F)cc2)cc1.I. The third-order valence-electron chi connectivity index (χ3n) is 2.91. The number of benzene rings is 2. The van der Waals surface area contributed by atoms with E-state index in [4.69, 9.17) is 5.73 Å². The number of anilines is 1. The van der Waals surface area contributed by atoms with Crippen LogP contribution < -0.4 is 15.8 Å². The van der Waals surface area contributed by atoms with Crippen LogP contribution in [0.25, 0.3) is 0 Å². The molecule has 0 aliphatic heterocycles. The first-order valence-corrected chi connectivity index (χ1v) is 6.80. The highest BCUT2D eigenvalue weighted by molar-refractivity contribution is 14.0. The van der Waals surface area contributed by atoms with Crippen LogP contribution in [0, 0.1) is 6.92 Å². The van der Waals surface area contributed by atoms with E-state index in [-0.39, 0.29) is 35.7 Å². The van der Waals surface area contributed by atoms with Gasteiger partial charge < -0.3 is 15.8 Å². The summed E-state index contributed by atoms with van der Waals surface area (Å²) >= 11 is 0. The predicted octanol–water partition coefficient (Wildman–Crippen LogP) is 4.44. The summed E-state index contributed by atoms with van der Waals surface area (Å²) in [6.07, 6.45) is -4.70. The number of aryl methyl sites for hydroxylation is 1. The molecule has 0 heterocycles. The first-order chi connectivity index (χ1) is 10.8. The zero-order valence-electron chi connectivity index (χ0n) is 12.8. The Labute approximate surface area is 154 Å². The Hall–Kier alpha value is -1.97. The number of hydrogen-bond donors (Lipinski definition) is 2. The molecule has 8 heteroatoms. The van der Waals surface area contributed by atoms with Crippen LogP contribution >= 0.6 is 24.0 Å². The summed E-state index contributed by atoms with van der Waals surface area (Å²) in [4.78, 5) is 4.17. The van der Waals surface area contributed by atoms with Gasteiger partial charge in [0, 0.05) is 5.69 Å². The molecule has 2 rings (SSSR count). The van der Waals surface area contributed by atoms with E-state index in [9.17, 15) is 13.2 Å². The van der Waals surface area contributed by atoms with Crippen molar-refractivity contribution in [1.82, 2.24) is 0 Å². The molecule has 4 nitrogen and oxygen atoms in total. The molecule has 0 saturated heterocycles. The van der Waals surface area contributed by atoms with E-state index in [1.54, 1.807) is 0 Å². The predicted molar refractivity (Wildman–Crippen MR) is 98.7 cm³/mol. The number of nitrogens with zero attached hydrogens (tertiary/aromatic N) is 1. The molecule has 24 heavy (non-hydrogen) atoms. The van der Waals surface area contributed by atoms with Crippen molar-refractivity contribution in [2.24, 2.45) is 10.7 Å². The molecule has 0 radical (unpaired) electrons. The Balaban J connectivity index is 0.00000288. The summed E-state index contributed by atoms with van der Waals surface area (Å²) < 4.78 is 40.0. The third kappa shape index (κ3) is 7.07. The molecule has 2 aromatic rings. The minimum atomic E-state index is -4.70. The maximum atomic E-state index is 12.1. The van der Waals surface area contributed by atoms with Gasteiger partial charge in [0.25, 0.3) is 0 Å². The number of aliphatic imine (C=N–C) groups is 1. The van der Waals surface area contributed by atoms with Crippen LogP contribution in [0.15, 0.2) is 53.5 Å². The maximum absolute atomic E-state index is 12.1. The van der Waals surface area contributed by atoms with Gasteiger partial charge in [0.2, 0.25) is 0 Å². The van der Waals surface area contributed by atoms with E-state index in [1.165, 1.54) is 24.3 Å². The molecule has 0 atom stereocenters. The molecule has 0 aliphatic rings. The number of nitrogens with two attached hydrogens (primary N) is 1. The molecule has 0 spiro atoms. The van der Waals surface area contributed by atoms with Crippen molar-refractivity contribution in [2.45, 2.75) is 19.8 Å². The van der Waals surface area contributed by atoms with Crippen molar-refractivity contribution in [3.63, 3.8) is 0 Å². The number of hydrogen-bond acceptors (Lipinski definition) is 2. The second-order valence-electron chi connectivity index (χ2n) is 4.88. The lowest BCUT2D eigenvalue weighted by molar-refractivity contribution is -0.274. The topological polar surface area (TPSA) is 59.6 Å². The minimum Gasteiger partial charge on any atom is -0.406 e. The Kier molecular flexibility index (Phi) is 7.33. The number of guanidine groups is 1. The molecule has 3 N–H and O–H groups in total. The molecular weight excluding hydrogens is 434 g/mol. The maximum Gasteiger partial charge on any atom is 0.573 e. The molecule has 0 fully saturated rings. The summed E-state index contributed by atoms with van der Waals surface area (Å²) in [6.45, 7) is 2.41. The zero-order valence-corrected chi connectivity index (χ0v) is 15.1. The lowest BCUT2D eigenvalue weighted by Crippen LogP contribution is -2.22. The van der Waals surface area contributed by atoms with E-state index in [0.717, 1.165) is 11.1 Å². The highest BCUT2D eigenvalue weighted by Crippen LogP contribution is 2.23. The van der Waals surface area contributed by atoms with Crippen LogP contribution in [-0.4, -0.2) is 12.3 Å². The molecule has 0 saturated carbocycles. The van der Waals surface area contributed by atoms with Crippen molar-refractivity contribution in [1.29, 1.82) is 0 Å². The second-order valence-corrected chi connectivity index (χ2v) is 4.88. The molecule has 0 aromatic heterocycles. The van der Waals surface area contributed by atoms with Gasteiger partial charge in [0.05, 0.1) is 6.54 Å². The summed E-state index contributed by atoms with van der Waals surface area (Å²) in [5.41, 5.74) is 8.44. The normalized spacial score (nSPS) is 11.6. The molecule has 0 amide bonds. The van der Waals surface area contributed by atoms with Crippen LogP contribution in [0.5, 0.6) is 5.75 Å². The van der Waals surface area contributed by atoms with Gasteiger partial charge in [0.15, 0.2) is 5.96 Å². The number of halogens is 4. The monoisotopic (exact) mass is 451 g/mol. The fraction of sp³-hybridized carbons (Fsp3) is 0.188. The number of rotatable bonds is 4. The Bertz CT molecular complexity index is 670. The van der Waals surface area contributed by atoms with Crippen LogP contribution in [0.1, 0.15) is 11.1 Å². The van der Waals surface area contributed by atoms with Crippen molar-refractivity contribution in [2.75, 3.05) is 5.32 Å². The third-order valence-corrected chi connectivity index (χ3v) is 2.91. The highest BCUT2D eigenvalue weighted by atomic mass is 127. The van der Waals surface area contributed by atoms with Gasteiger partial charge in [-0.2, -0.15) is 0 Å². The van der Waals surface area contributed by atoms with Crippen molar-refractivity contribution in [3.8, 4) is 5.75 Å². The van der Waals surface area contributed by atoms with E-state index in [0.29, 0.717) is 12.2 Å². The lowest BCUT2D eigenvalue weighted by Gasteiger charge is -2.10. The van der Waals surface area contributed by atoms with Gasteiger partial charge in [-0.05, 0) is 36.8 Å². The van der Waals surface area contributed by atoms with Gasteiger partial charge in [-0.15, -0.1) is 37.1 Å². The average Bonchev–Trinajstić information content (AvgIpc) is 2.47. The number of ether oxygens (including phenoxy) is 1. The van der Waals surface area contributed by atoms with Crippen molar-refractivity contribution < 1.29 is 17.9 Å². The first kappa shape index (κ1) is 20.1. The lowest BCUT2D eigenvalue weighted by atomic mass is 10.1. The van der Waals surface area contributed by atoms with Gasteiger partial charge in [-0.25, -0.2) is 4.99 Å². The van der Waals surface area contributed by atoms with Crippen LogP contribution in [-0.2, 0) is 6.54 Å². The summed E-state index contributed by atoms with van der Waals surface area (Å²) in [6, 6.07) is 13.1. The fourth-order valence-corrected chi connectivity index (χ4v) is 1.80. The van der Waals surface area contributed by atoms with Crippen molar-refractivity contribution in [3.05, 3.63) is 59.7 Å². The largest absolute Gasteiger partial charge is 0.573 e. The molecule has 0 unspecified atom stereocenters.